The van der Waals surface area contributed by atoms with Gasteiger partial charge in [-0.1, -0.05) is 0 Å². The van der Waals surface area contributed by atoms with E-state index < -0.39 is 0 Å². The number of hydrogen-bond donors (Lipinski definition) is 1. The van der Waals surface area contributed by atoms with Crippen molar-refractivity contribution in [3.63, 3.8) is 0 Å². The van der Waals surface area contributed by atoms with Crippen LogP contribution in [0.25, 0.3) is 0 Å². The van der Waals surface area contributed by atoms with Crippen LogP contribution in [0, 0.1) is 0 Å². The van der Waals surface area contributed by atoms with Crippen LogP contribution in [-0.2, 0) is 13.1 Å². The van der Waals surface area contributed by atoms with Crippen molar-refractivity contribution in [1.29, 1.82) is 0 Å². The number of aromatic amines is 1. The predicted octanol–water partition coefficient (Wildman–Crippen LogP) is 1.58. The van der Waals surface area contributed by atoms with Gasteiger partial charge in [-0.05, 0) is 25.5 Å². The van der Waals surface area contributed by atoms with E-state index in [4.69, 9.17) is 0 Å². The number of carbonyl (C=O) groups excluding carboxylic acids is 1. The summed E-state index contributed by atoms with van der Waals surface area (Å²) in [5.74, 6) is 1.20. The molecule has 0 unspecified atom stereocenters. The van der Waals surface area contributed by atoms with Gasteiger partial charge in [0.2, 0.25) is 0 Å². The van der Waals surface area contributed by atoms with E-state index in [1.54, 1.807) is 6.20 Å². The van der Waals surface area contributed by atoms with Crippen LogP contribution < -0.4 is 0 Å². The van der Waals surface area contributed by atoms with Crippen molar-refractivity contribution in [2.45, 2.75) is 26.4 Å². The summed E-state index contributed by atoms with van der Waals surface area (Å²) in [4.78, 5) is 24.2. The number of nitrogens with zero attached hydrogens (tertiary/aromatic N) is 4. The standard InChI is InChI=1S/C16H23N5O/c1-2-20-10-7-18-15(20)13-19-8-4-9-21(12-11-19)16(22)14-5-3-6-17-14/h3,5-7,10,17H,2,4,8-9,11-13H2,1H3. The predicted molar refractivity (Wildman–Crippen MR) is 84.5 cm³/mol. The molecule has 1 fully saturated rings. The maximum absolute atomic E-state index is 12.4. The monoisotopic (exact) mass is 301 g/mol. The zero-order valence-electron chi connectivity index (χ0n) is 13.0. The summed E-state index contributed by atoms with van der Waals surface area (Å²) in [5, 5.41) is 0. The number of aromatic nitrogens is 3. The van der Waals surface area contributed by atoms with E-state index in [0.717, 1.165) is 51.5 Å². The molecule has 0 radical (unpaired) electrons. The van der Waals surface area contributed by atoms with E-state index in [1.165, 1.54) is 0 Å². The minimum absolute atomic E-state index is 0.0990. The van der Waals surface area contributed by atoms with Gasteiger partial charge in [0.05, 0.1) is 6.54 Å². The van der Waals surface area contributed by atoms with Gasteiger partial charge in [-0.3, -0.25) is 9.69 Å². The zero-order valence-corrected chi connectivity index (χ0v) is 13.0. The fourth-order valence-electron chi connectivity index (χ4n) is 2.95. The molecule has 6 nitrogen and oxygen atoms in total. The molecule has 2 aromatic heterocycles. The highest BCUT2D eigenvalue weighted by Crippen LogP contribution is 2.10. The number of amides is 1. The zero-order chi connectivity index (χ0) is 15.4. The van der Waals surface area contributed by atoms with E-state index >= 15 is 0 Å². The largest absolute Gasteiger partial charge is 0.357 e. The highest BCUT2D eigenvalue weighted by Gasteiger charge is 2.21. The Hall–Kier alpha value is -2.08. The van der Waals surface area contributed by atoms with Crippen molar-refractivity contribution < 1.29 is 4.79 Å². The number of H-pyrrole nitrogens is 1. The second-order valence-electron chi connectivity index (χ2n) is 5.64. The molecule has 1 aliphatic rings. The smallest absolute Gasteiger partial charge is 0.270 e. The van der Waals surface area contributed by atoms with E-state index in [9.17, 15) is 4.79 Å². The Kier molecular flexibility index (Phi) is 4.58. The van der Waals surface area contributed by atoms with Crippen LogP contribution in [0.5, 0.6) is 0 Å². The number of carbonyl (C=O) groups is 1. The number of hydrogen-bond acceptors (Lipinski definition) is 3. The molecule has 22 heavy (non-hydrogen) atoms. The summed E-state index contributed by atoms with van der Waals surface area (Å²) < 4.78 is 2.17. The average Bonchev–Trinajstić information content (AvgIpc) is 3.15. The first-order valence-corrected chi connectivity index (χ1v) is 7.93. The maximum Gasteiger partial charge on any atom is 0.270 e. The summed E-state index contributed by atoms with van der Waals surface area (Å²) in [6, 6.07) is 3.70. The van der Waals surface area contributed by atoms with Crippen molar-refractivity contribution in [3.8, 4) is 0 Å². The molecule has 0 spiro atoms. The second-order valence-corrected chi connectivity index (χ2v) is 5.64. The molecule has 0 aliphatic carbocycles. The van der Waals surface area contributed by atoms with Crippen molar-refractivity contribution in [1.82, 2.24) is 24.3 Å². The van der Waals surface area contributed by atoms with Crippen LogP contribution in [0.1, 0.15) is 29.7 Å². The van der Waals surface area contributed by atoms with Crippen LogP contribution >= 0.6 is 0 Å². The highest BCUT2D eigenvalue weighted by molar-refractivity contribution is 5.92. The van der Waals surface area contributed by atoms with Crippen LogP contribution in [0.15, 0.2) is 30.7 Å². The molecule has 0 aromatic carbocycles. The molecule has 0 saturated carbocycles. The first-order valence-electron chi connectivity index (χ1n) is 7.93. The third-order valence-corrected chi connectivity index (χ3v) is 4.21. The average molecular weight is 301 g/mol. The third-order valence-electron chi connectivity index (χ3n) is 4.21. The van der Waals surface area contributed by atoms with Gasteiger partial charge >= 0.3 is 0 Å². The molecule has 1 amide bonds. The lowest BCUT2D eigenvalue weighted by Gasteiger charge is -2.21. The van der Waals surface area contributed by atoms with E-state index in [-0.39, 0.29) is 5.91 Å². The highest BCUT2D eigenvalue weighted by atomic mass is 16.2. The molecule has 0 atom stereocenters. The van der Waals surface area contributed by atoms with Crippen molar-refractivity contribution in [3.05, 3.63) is 42.2 Å². The summed E-state index contributed by atoms with van der Waals surface area (Å²) in [6.07, 6.45) is 6.67. The molecule has 1 saturated heterocycles. The SMILES string of the molecule is CCn1ccnc1CN1CCCN(C(=O)c2ccc[nH]2)CC1. The molecule has 1 N–H and O–H groups in total. The minimum atomic E-state index is 0.0990. The second kappa shape index (κ2) is 6.79. The topological polar surface area (TPSA) is 57.2 Å². The lowest BCUT2D eigenvalue weighted by atomic mass is 10.3. The van der Waals surface area contributed by atoms with Gasteiger partial charge in [0, 0.05) is 51.3 Å². The number of nitrogens with one attached hydrogen (secondary N) is 1. The van der Waals surface area contributed by atoms with Gasteiger partial charge in [-0.15, -0.1) is 0 Å². The normalized spacial score (nSPS) is 16.7. The Bertz CT molecular complexity index is 604. The van der Waals surface area contributed by atoms with Gasteiger partial charge in [0.25, 0.3) is 5.91 Å². The first-order chi connectivity index (χ1) is 10.8. The Labute approximate surface area is 130 Å². The number of aryl methyl sites for hydroxylation is 1. The molecular weight excluding hydrogens is 278 g/mol. The van der Waals surface area contributed by atoms with Gasteiger partial charge in [0.1, 0.15) is 11.5 Å². The van der Waals surface area contributed by atoms with Crippen LogP contribution in [0.2, 0.25) is 0 Å². The Balaban J connectivity index is 1.59. The number of imidazole rings is 1. The van der Waals surface area contributed by atoms with Crippen LogP contribution in [0.4, 0.5) is 0 Å². The fourth-order valence-corrected chi connectivity index (χ4v) is 2.95. The minimum Gasteiger partial charge on any atom is -0.357 e. The van der Waals surface area contributed by atoms with E-state index in [2.05, 4.69) is 26.4 Å². The van der Waals surface area contributed by atoms with Gasteiger partial charge in [-0.25, -0.2) is 4.98 Å². The molecule has 6 heteroatoms. The maximum atomic E-state index is 12.4. The van der Waals surface area contributed by atoms with Gasteiger partial charge < -0.3 is 14.5 Å². The fraction of sp³-hybridized carbons (Fsp3) is 0.500. The quantitative estimate of drug-likeness (QED) is 0.933. The van der Waals surface area contributed by atoms with E-state index in [1.807, 2.05) is 29.4 Å². The molecule has 118 valence electrons. The first kappa shape index (κ1) is 14.8. The van der Waals surface area contributed by atoms with Crippen molar-refractivity contribution >= 4 is 5.91 Å². The Morgan fingerprint density at radius 1 is 1.32 bits per heavy atom. The third kappa shape index (κ3) is 3.22. The van der Waals surface area contributed by atoms with Crippen LogP contribution in [0.3, 0.4) is 0 Å². The summed E-state index contributed by atoms with van der Waals surface area (Å²) >= 11 is 0. The molecule has 2 aromatic rings. The molecular formula is C16H23N5O. The van der Waals surface area contributed by atoms with Gasteiger partial charge in [-0.2, -0.15) is 0 Å². The molecule has 3 heterocycles. The lowest BCUT2D eigenvalue weighted by molar-refractivity contribution is 0.0756. The number of rotatable bonds is 4. The van der Waals surface area contributed by atoms with Crippen molar-refractivity contribution in [2.24, 2.45) is 0 Å². The summed E-state index contributed by atoms with van der Waals surface area (Å²) in [5.41, 5.74) is 0.676. The Morgan fingerprint density at radius 3 is 3.00 bits per heavy atom. The van der Waals surface area contributed by atoms with Crippen LogP contribution in [-0.4, -0.2) is 56.4 Å². The molecule has 1 aliphatic heterocycles. The Morgan fingerprint density at radius 2 is 2.23 bits per heavy atom. The van der Waals surface area contributed by atoms with E-state index in [0.29, 0.717) is 5.69 Å². The van der Waals surface area contributed by atoms with Gasteiger partial charge in [0.15, 0.2) is 0 Å². The summed E-state index contributed by atoms with van der Waals surface area (Å²) in [6.45, 7) is 7.41. The molecule has 0 bridgehead atoms. The lowest BCUT2D eigenvalue weighted by Crippen LogP contribution is -2.35. The summed E-state index contributed by atoms with van der Waals surface area (Å²) in [7, 11) is 0. The van der Waals surface area contributed by atoms with Crippen molar-refractivity contribution in [2.75, 3.05) is 26.2 Å². The molecule has 3 rings (SSSR count).